The molecule has 2 aromatic carbocycles. The zero-order valence-corrected chi connectivity index (χ0v) is 14.2. The van der Waals surface area contributed by atoms with Crippen molar-refractivity contribution in [3.05, 3.63) is 69.4 Å². The highest BCUT2D eigenvalue weighted by atomic mass is 35.5. The maximum Gasteiger partial charge on any atom is 0.267 e. The Morgan fingerprint density at radius 3 is 2.68 bits per heavy atom. The van der Waals surface area contributed by atoms with E-state index in [2.05, 4.69) is 0 Å². The summed E-state index contributed by atoms with van der Waals surface area (Å²) in [6, 6.07) is 6.24. The van der Waals surface area contributed by atoms with Crippen LogP contribution in [0, 0.1) is 0 Å². The number of aromatic hydroxyl groups is 1. The first-order valence-electron chi connectivity index (χ1n) is 9.80. The Balaban J connectivity index is 2.41. The standard InChI is InChI=1S/C19H17ClN2O3/c1-3-22(12-8-5-4-6-9-12)19(25)16-17(23)15-13(20)10-7-11-14(15)21(2)18(16)24/h4-11,23H,3H2,1-2H3/i3D2,7D,10D,11D. The Morgan fingerprint density at radius 2 is 2.04 bits per heavy atom. The minimum absolute atomic E-state index is 0.159. The molecule has 25 heavy (non-hydrogen) atoms. The number of fused-ring (bicyclic) bond motifs is 1. The third kappa shape index (κ3) is 2.76. The molecule has 0 unspecified atom stereocenters. The maximum absolute atomic E-state index is 13.3. The van der Waals surface area contributed by atoms with Crippen molar-refractivity contribution in [1.82, 2.24) is 4.57 Å². The van der Waals surface area contributed by atoms with Crippen LogP contribution in [0.4, 0.5) is 5.69 Å². The van der Waals surface area contributed by atoms with Gasteiger partial charge in [-0.3, -0.25) is 9.59 Å². The van der Waals surface area contributed by atoms with Gasteiger partial charge in [-0.15, -0.1) is 0 Å². The zero-order valence-electron chi connectivity index (χ0n) is 18.4. The van der Waals surface area contributed by atoms with Crippen molar-refractivity contribution in [2.24, 2.45) is 7.05 Å². The summed E-state index contributed by atoms with van der Waals surface area (Å²) in [6.45, 7) is -1.11. The fourth-order valence-electron chi connectivity index (χ4n) is 2.57. The van der Waals surface area contributed by atoms with Crippen LogP contribution in [0.15, 0.2) is 53.3 Å². The number of benzene rings is 2. The molecule has 0 spiro atoms. The van der Waals surface area contributed by atoms with Crippen molar-refractivity contribution in [3.8, 4) is 5.75 Å². The lowest BCUT2D eigenvalue weighted by Gasteiger charge is -2.22. The number of hydrogen-bond donors (Lipinski definition) is 1. The van der Waals surface area contributed by atoms with Crippen LogP contribution < -0.4 is 10.5 Å². The normalized spacial score (nSPS) is 14.3. The highest BCUT2D eigenvalue weighted by Gasteiger charge is 2.26. The Morgan fingerprint density at radius 1 is 1.36 bits per heavy atom. The van der Waals surface area contributed by atoms with Crippen molar-refractivity contribution in [1.29, 1.82) is 0 Å². The number of carbonyl (C=O) groups excluding carboxylic acids is 1. The van der Waals surface area contributed by atoms with E-state index >= 15 is 0 Å². The Labute approximate surface area is 156 Å². The third-order valence-electron chi connectivity index (χ3n) is 3.79. The van der Waals surface area contributed by atoms with E-state index in [0.717, 1.165) is 16.4 Å². The van der Waals surface area contributed by atoms with Crippen molar-refractivity contribution in [2.45, 2.75) is 6.92 Å². The summed E-state index contributed by atoms with van der Waals surface area (Å²) in [4.78, 5) is 27.0. The van der Waals surface area contributed by atoms with Gasteiger partial charge in [-0.2, -0.15) is 0 Å². The Kier molecular flexibility index (Phi) is 3.09. The summed E-state index contributed by atoms with van der Waals surface area (Å²) < 4.78 is 40.8. The Hall–Kier alpha value is -2.79. The number of carbonyl (C=O) groups is 1. The molecule has 0 radical (unpaired) electrons. The van der Waals surface area contributed by atoms with Gasteiger partial charge in [0, 0.05) is 22.0 Å². The van der Waals surface area contributed by atoms with Crippen molar-refractivity contribution in [2.75, 3.05) is 11.4 Å². The molecule has 0 aliphatic carbocycles. The number of halogens is 1. The minimum atomic E-state index is -2.24. The van der Waals surface area contributed by atoms with Gasteiger partial charge in [-0.1, -0.05) is 35.8 Å². The SMILES string of the molecule is [2H]c1c([2H])c([2H])c2c(c(O)c(C(=O)N(c3ccccc3)C([2H])([2H])C)c(=O)n2C)c1Cl. The van der Waals surface area contributed by atoms with Crippen LogP contribution in [0.5, 0.6) is 5.75 Å². The highest BCUT2D eigenvalue weighted by molar-refractivity contribution is 6.36. The summed E-state index contributed by atoms with van der Waals surface area (Å²) in [7, 11) is 1.24. The monoisotopic (exact) mass is 361 g/mol. The first-order valence-corrected chi connectivity index (χ1v) is 7.67. The molecule has 0 atom stereocenters. The van der Waals surface area contributed by atoms with Gasteiger partial charge in [0.1, 0.15) is 11.3 Å². The molecule has 0 saturated heterocycles. The van der Waals surface area contributed by atoms with Gasteiger partial charge >= 0.3 is 0 Å². The van der Waals surface area contributed by atoms with E-state index < -0.39 is 47.4 Å². The molecule has 1 aromatic heterocycles. The number of aryl methyl sites for hydroxylation is 1. The van der Waals surface area contributed by atoms with Crippen LogP contribution >= 0.6 is 11.6 Å². The predicted octanol–water partition coefficient (Wildman–Crippen LogP) is 3.56. The number of amides is 1. The molecule has 128 valence electrons. The van der Waals surface area contributed by atoms with E-state index in [4.69, 9.17) is 18.5 Å². The number of nitrogens with zero attached hydrogens (tertiary/aromatic N) is 2. The van der Waals surface area contributed by atoms with Crippen LogP contribution in [-0.4, -0.2) is 22.1 Å². The average molecular weight is 362 g/mol. The van der Waals surface area contributed by atoms with Crippen LogP contribution in [0.3, 0.4) is 0 Å². The van der Waals surface area contributed by atoms with E-state index in [1.54, 1.807) is 18.2 Å². The van der Waals surface area contributed by atoms with Crippen molar-refractivity contribution >= 4 is 34.1 Å². The molecule has 0 aliphatic rings. The molecule has 3 rings (SSSR count). The molecule has 0 saturated carbocycles. The number of anilines is 1. The van der Waals surface area contributed by atoms with E-state index in [9.17, 15) is 14.7 Å². The van der Waals surface area contributed by atoms with Crippen LogP contribution in [0.1, 0.15) is 24.1 Å². The Bertz CT molecular complexity index is 1240. The average Bonchev–Trinajstić information content (AvgIpc) is 2.67. The van der Waals surface area contributed by atoms with E-state index in [1.165, 1.54) is 19.2 Å². The molecule has 1 amide bonds. The smallest absolute Gasteiger partial charge is 0.267 e. The van der Waals surface area contributed by atoms with Gasteiger partial charge in [0.15, 0.2) is 0 Å². The molecule has 1 N–H and O–H groups in total. The zero-order chi connectivity index (χ0) is 22.5. The second-order valence-corrected chi connectivity index (χ2v) is 5.58. The van der Waals surface area contributed by atoms with E-state index in [1.807, 2.05) is 0 Å². The second-order valence-electron chi connectivity index (χ2n) is 5.20. The summed E-state index contributed by atoms with van der Waals surface area (Å²) in [5.41, 5.74) is -1.78. The lowest BCUT2D eigenvalue weighted by Crippen LogP contribution is -2.36. The largest absolute Gasteiger partial charge is 0.506 e. The molecule has 6 heteroatoms. The van der Waals surface area contributed by atoms with Crippen molar-refractivity contribution < 1.29 is 16.8 Å². The second kappa shape index (κ2) is 6.61. The highest BCUT2D eigenvalue weighted by Crippen LogP contribution is 2.33. The van der Waals surface area contributed by atoms with Crippen LogP contribution in [0.2, 0.25) is 5.02 Å². The quantitative estimate of drug-likeness (QED) is 0.775. The van der Waals surface area contributed by atoms with Gasteiger partial charge < -0.3 is 14.6 Å². The summed E-state index contributed by atoms with van der Waals surface area (Å²) >= 11 is 6.13. The predicted molar refractivity (Wildman–Crippen MR) is 99.7 cm³/mol. The lowest BCUT2D eigenvalue weighted by molar-refractivity contribution is 0.0984. The molecule has 0 bridgehead atoms. The molecular formula is C19H17ClN2O3. The van der Waals surface area contributed by atoms with Gasteiger partial charge in [-0.25, -0.2) is 0 Å². The summed E-state index contributed by atoms with van der Waals surface area (Å²) in [6.07, 6.45) is 0. The van der Waals surface area contributed by atoms with Gasteiger partial charge in [0.2, 0.25) is 0 Å². The van der Waals surface area contributed by atoms with Crippen LogP contribution in [0.25, 0.3) is 10.9 Å². The number of aromatic nitrogens is 1. The number of para-hydroxylation sites is 1. The molecule has 1 heterocycles. The van der Waals surface area contributed by atoms with Gasteiger partial charge in [0.05, 0.1) is 20.0 Å². The topological polar surface area (TPSA) is 62.5 Å². The van der Waals surface area contributed by atoms with Crippen molar-refractivity contribution in [3.63, 3.8) is 0 Å². The van der Waals surface area contributed by atoms with Gasteiger partial charge in [0.25, 0.3) is 11.5 Å². The fourth-order valence-corrected chi connectivity index (χ4v) is 2.79. The fraction of sp³-hybridized carbons (Fsp3) is 0.158. The minimum Gasteiger partial charge on any atom is -0.506 e. The van der Waals surface area contributed by atoms with Gasteiger partial charge in [-0.05, 0) is 31.1 Å². The molecule has 3 aromatic rings. The molecule has 0 aliphatic heterocycles. The summed E-state index contributed by atoms with van der Waals surface area (Å²) in [5, 5.41) is 10.1. The number of pyridine rings is 1. The van der Waals surface area contributed by atoms with E-state index in [0.29, 0.717) is 0 Å². The number of rotatable bonds is 3. The van der Waals surface area contributed by atoms with E-state index in [-0.39, 0.29) is 21.6 Å². The summed E-state index contributed by atoms with van der Waals surface area (Å²) in [5.74, 6) is -1.98. The molecule has 5 nitrogen and oxygen atoms in total. The first kappa shape index (κ1) is 11.7. The van der Waals surface area contributed by atoms with Crippen LogP contribution in [-0.2, 0) is 7.05 Å². The maximum atomic E-state index is 13.3. The molecule has 0 fully saturated rings. The lowest BCUT2D eigenvalue weighted by atomic mass is 10.1. The first-order chi connectivity index (χ1) is 13.9. The number of hydrogen-bond acceptors (Lipinski definition) is 3. The third-order valence-corrected chi connectivity index (χ3v) is 4.08. The molecular weight excluding hydrogens is 340 g/mol.